The number of hydrogen-bond donors (Lipinski definition) is 1. The zero-order valence-electron chi connectivity index (χ0n) is 22.3. The molecule has 9 nitrogen and oxygen atoms in total. The minimum absolute atomic E-state index is 0.0129. The van der Waals surface area contributed by atoms with Crippen LogP contribution in [0.2, 0.25) is 0 Å². The van der Waals surface area contributed by atoms with E-state index in [2.05, 4.69) is 0 Å². The Bertz CT molecular complexity index is 1600. The van der Waals surface area contributed by atoms with Gasteiger partial charge in [0.2, 0.25) is 0 Å². The fourth-order valence-corrected chi connectivity index (χ4v) is 5.48. The minimum atomic E-state index is -0.937. The molecular formula is C29H30N2O7S. The Kier molecular flexibility index (Phi) is 8.25. The van der Waals surface area contributed by atoms with E-state index in [9.17, 15) is 14.4 Å². The minimum Gasteiger partial charge on any atom is -0.497 e. The molecule has 0 fully saturated rings. The van der Waals surface area contributed by atoms with Gasteiger partial charge in [-0.25, -0.2) is 9.59 Å². The average Bonchev–Trinajstić information content (AvgIpc) is 3.24. The van der Waals surface area contributed by atoms with Gasteiger partial charge in [0, 0.05) is 0 Å². The first kappa shape index (κ1) is 27.7. The lowest BCUT2D eigenvalue weighted by molar-refractivity contribution is -0.140. The fraction of sp³-hybridized carbons (Fsp3) is 0.276. The maximum absolute atomic E-state index is 13.7. The summed E-state index contributed by atoms with van der Waals surface area (Å²) in [4.78, 5) is 40.6. The van der Waals surface area contributed by atoms with Crippen LogP contribution in [-0.2, 0) is 19.1 Å². The largest absolute Gasteiger partial charge is 0.497 e. The third kappa shape index (κ3) is 5.46. The lowest BCUT2D eigenvalue weighted by Gasteiger charge is -2.27. The van der Waals surface area contributed by atoms with E-state index < -0.39 is 29.5 Å². The topological polar surface area (TPSA) is 119 Å². The molecule has 204 valence electrons. The van der Waals surface area contributed by atoms with Crippen LogP contribution in [0.5, 0.6) is 11.5 Å². The highest BCUT2D eigenvalue weighted by atomic mass is 32.1. The van der Waals surface area contributed by atoms with Crippen LogP contribution in [0.3, 0.4) is 0 Å². The van der Waals surface area contributed by atoms with Crippen molar-refractivity contribution in [3.05, 3.63) is 84.8 Å². The molecule has 2 N–H and O–H groups in total. The molecule has 1 aliphatic heterocycles. The van der Waals surface area contributed by atoms with Crippen molar-refractivity contribution in [1.82, 2.24) is 4.57 Å². The number of carbonyl (C=O) groups excluding carboxylic acids is 2. The average molecular weight is 551 g/mol. The Hall–Kier alpha value is -4.31. The Morgan fingerprint density at radius 3 is 2.10 bits per heavy atom. The van der Waals surface area contributed by atoms with E-state index >= 15 is 0 Å². The number of nitrogens with zero attached hydrogens (tertiary/aromatic N) is 1. The Balaban J connectivity index is 2.07. The number of esters is 2. The second-order valence-electron chi connectivity index (χ2n) is 8.92. The van der Waals surface area contributed by atoms with Crippen LogP contribution >= 0.6 is 11.3 Å². The molecule has 0 radical (unpaired) electrons. The first-order valence-corrected chi connectivity index (χ1v) is 13.2. The number of nitrogens with two attached hydrogens (primary N) is 1. The summed E-state index contributed by atoms with van der Waals surface area (Å²) in [5.74, 6) is -1.15. The summed E-state index contributed by atoms with van der Waals surface area (Å²) in [5.41, 5.74) is 7.53. The molecule has 1 aromatic heterocycles. The Labute approximate surface area is 229 Å². The summed E-state index contributed by atoms with van der Waals surface area (Å²) in [7, 11) is 3.11. The van der Waals surface area contributed by atoms with E-state index in [0.29, 0.717) is 21.6 Å². The van der Waals surface area contributed by atoms with Gasteiger partial charge < -0.3 is 24.7 Å². The van der Waals surface area contributed by atoms with E-state index in [4.69, 9.17) is 24.7 Å². The van der Waals surface area contributed by atoms with Crippen molar-refractivity contribution in [3.63, 3.8) is 0 Å². The van der Waals surface area contributed by atoms with Gasteiger partial charge in [-0.2, -0.15) is 0 Å². The maximum Gasteiger partial charge on any atom is 0.338 e. The van der Waals surface area contributed by atoms with E-state index in [1.54, 1.807) is 77.5 Å². The quantitative estimate of drug-likeness (QED) is 0.425. The number of carbonyl (C=O) groups is 2. The van der Waals surface area contributed by atoms with Crippen LogP contribution in [0.15, 0.2) is 58.9 Å². The van der Waals surface area contributed by atoms with Crippen molar-refractivity contribution in [1.29, 1.82) is 0 Å². The van der Waals surface area contributed by atoms with Gasteiger partial charge in [-0.3, -0.25) is 9.36 Å². The molecule has 3 aromatic rings. The molecule has 0 unspecified atom stereocenters. The Morgan fingerprint density at radius 1 is 0.974 bits per heavy atom. The van der Waals surface area contributed by atoms with Gasteiger partial charge in [-0.05, 0) is 62.2 Å². The van der Waals surface area contributed by atoms with Gasteiger partial charge in [0.25, 0.3) is 5.56 Å². The molecule has 2 heterocycles. The van der Waals surface area contributed by atoms with Crippen LogP contribution in [0.1, 0.15) is 37.8 Å². The van der Waals surface area contributed by atoms with Crippen LogP contribution in [0.4, 0.5) is 0 Å². The van der Waals surface area contributed by atoms with Gasteiger partial charge in [-0.1, -0.05) is 24.3 Å². The summed E-state index contributed by atoms with van der Waals surface area (Å²) in [6.07, 6.45) is 1.25. The third-order valence-electron chi connectivity index (χ3n) is 6.07. The first-order valence-electron chi connectivity index (χ1n) is 12.3. The number of rotatable bonds is 8. The van der Waals surface area contributed by atoms with Crippen LogP contribution in [-0.4, -0.2) is 43.4 Å². The monoisotopic (exact) mass is 550 g/mol. The summed E-state index contributed by atoms with van der Waals surface area (Å²) in [6, 6.07) is 14.1. The first-order chi connectivity index (χ1) is 18.7. The van der Waals surface area contributed by atoms with Crippen molar-refractivity contribution >= 4 is 40.7 Å². The molecule has 0 saturated heterocycles. The molecule has 4 rings (SSSR count). The van der Waals surface area contributed by atoms with Crippen LogP contribution < -0.4 is 30.0 Å². The van der Waals surface area contributed by atoms with E-state index in [1.165, 1.54) is 4.57 Å². The van der Waals surface area contributed by atoms with E-state index in [-0.39, 0.29) is 28.2 Å². The Morgan fingerprint density at radius 2 is 1.56 bits per heavy atom. The SMILES string of the molecule is CCOC(=O)C1=C(N)n2c(s/c(=C\c3ccc(OC)cc3)c2=O)=C(C(=O)OC(C)C)[C@H]1c1ccc(OC)cc1. The zero-order chi connectivity index (χ0) is 28.3. The predicted molar refractivity (Wildman–Crippen MR) is 149 cm³/mol. The molecule has 1 atom stereocenters. The molecule has 0 amide bonds. The number of ether oxygens (including phenoxy) is 4. The van der Waals surface area contributed by atoms with Gasteiger partial charge in [0.05, 0.1) is 48.5 Å². The lowest BCUT2D eigenvalue weighted by Crippen LogP contribution is -2.42. The zero-order valence-corrected chi connectivity index (χ0v) is 23.2. The smallest absolute Gasteiger partial charge is 0.338 e. The standard InChI is InChI=1S/C29H30N2O7S/c1-6-37-28(33)23-22(18-9-13-20(36-5)14-10-18)24(29(34)38-16(2)3)27-31(25(23)30)26(32)21(39-27)15-17-7-11-19(35-4)12-8-17/h7-16,22H,6,30H2,1-5H3/b21-15-/t22-/m0/s1. The predicted octanol–water partition coefficient (Wildman–Crippen LogP) is 2.35. The third-order valence-corrected chi connectivity index (χ3v) is 7.18. The van der Waals surface area contributed by atoms with Gasteiger partial charge in [0.1, 0.15) is 22.0 Å². The molecule has 0 bridgehead atoms. The maximum atomic E-state index is 13.7. The summed E-state index contributed by atoms with van der Waals surface area (Å²) in [6.45, 7) is 5.20. The molecule has 0 spiro atoms. The number of aromatic nitrogens is 1. The highest BCUT2D eigenvalue weighted by Gasteiger charge is 2.40. The second-order valence-corrected chi connectivity index (χ2v) is 9.95. The van der Waals surface area contributed by atoms with Crippen molar-refractivity contribution in [3.8, 4) is 11.5 Å². The highest BCUT2D eigenvalue weighted by Crippen LogP contribution is 2.38. The van der Waals surface area contributed by atoms with Gasteiger partial charge in [-0.15, -0.1) is 11.3 Å². The number of thiazole rings is 1. The van der Waals surface area contributed by atoms with Crippen molar-refractivity contribution < 1.29 is 28.5 Å². The molecular weight excluding hydrogens is 520 g/mol. The van der Waals surface area contributed by atoms with E-state index in [1.807, 2.05) is 12.1 Å². The summed E-state index contributed by atoms with van der Waals surface area (Å²) in [5, 5.41) is 0. The molecule has 1 aliphatic rings. The van der Waals surface area contributed by atoms with Crippen molar-refractivity contribution in [2.45, 2.75) is 32.8 Å². The lowest BCUT2D eigenvalue weighted by atomic mass is 9.83. The van der Waals surface area contributed by atoms with Gasteiger partial charge >= 0.3 is 11.9 Å². The van der Waals surface area contributed by atoms with Crippen LogP contribution in [0.25, 0.3) is 17.5 Å². The molecule has 0 aliphatic carbocycles. The molecule has 10 heteroatoms. The molecule has 2 aromatic carbocycles. The molecule has 0 saturated carbocycles. The molecule has 39 heavy (non-hydrogen) atoms. The van der Waals surface area contributed by atoms with Crippen molar-refractivity contribution in [2.24, 2.45) is 5.73 Å². The number of methoxy groups -OCH3 is 2. The summed E-state index contributed by atoms with van der Waals surface area (Å²) >= 11 is 1.10. The number of benzene rings is 2. The highest BCUT2D eigenvalue weighted by molar-refractivity contribution is 7.07. The second kappa shape index (κ2) is 11.6. The summed E-state index contributed by atoms with van der Waals surface area (Å²) < 4.78 is 23.3. The number of hydrogen-bond acceptors (Lipinski definition) is 9. The van der Waals surface area contributed by atoms with E-state index in [0.717, 1.165) is 16.9 Å². The number of fused-ring (bicyclic) bond motifs is 1. The normalized spacial score (nSPS) is 15.3. The van der Waals surface area contributed by atoms with Crippen molar-refractivity contribution in [2.75, 3.05) is 20.8 Å². The van der Waals surface area contributed by atoms with Crippen LogP contribution in [0, 0.1) is 0 Å². The van der Waals surface area contributed by atoms with Gasteiger partial charge in [0.15, 0.2) is 0 Å². The fourth-order valence-electron chi connectivity index (χ4n) is 4.31.